The number of hydrogen-bond donors (Lipinski definition) is 0. The monoisotopic (exact) mass is 498 g/mol. The number of allylic oxidation sites excluding steroid dienone is 2. The van der Waals surface area contributed by atoms with Crippen molar-refractivity contribution in [3.8, 4) is 12.1 Å². The quantitative estimate of drug-likeness (QED) is 0.255. The molecule has 0 radical (unpaired) electrons. The van der Waals surface area contributed by atoms with Gasteiger partial charge in [0, 0.05) is 38.2 Å². The predicted molar refractivity (Wildman–Crippen MR) is 142 cm³/mol. The van der Waals surface area contributed by atoms with Crippen LogP contribution in [0.15, 0.2) is 35.6 Å². The molecule has 2 aliphatic carbocycles. The van der Waals surface area contributed by atoms with Crippen LogP contribution in [0.1, 0.15) is 57.4 Å². The number of amidine groups is 1. The first-order valence-electron chi connectivity index (χ1n) is 13.2. The highest BCUT2D eigenvalue weighted by Gasteiger charge is 2.55. The van der Waals surface area contributed by atoms with Crippen LogP contribution in [0, 0.1) is 28.1 Å². The van der Waals surface area contributed by atoms with E-state index in [1.807, 2.05) is 11.9 Å². The molecule has 0 bridgehead atoms. The van der Waals surface area contributed by atoms with Crippen molar-refractivity contribution in [3.63, 3.8) is 0 Å². The van der Waals surface area contributed by atoms with Crippen LogP contribution >= 0.6 is 0 Å². The van der Waals surface area contributed by atoms with Gasteiger partial charge in [0.05, 0.1) is 29.8 Å². The predicted octanol–water partition coefficient (Wildman–Crippen LogP) is 3.50. The first kappa shape index (κ1) is 25.0. The number of anilines is 2. The zero-order valence-corrected chi connectivity index (χ0v) is 21.9. The second-order valence-corrected chi connectivity index (χ2v) is 10.8. The number of fused-ring (bicyclic) bond motifs is 2. The lowest BCUT2D eigenvalue weighted by atomic mass is 9.65. The lowest BCUT2D eigenvalue weighted by Crippen LogP contribution is -2.69. The number of nitrogens with zero attached hydrogens (tertiary/aromatic N) is 8. The second kappa shape index (κ2) is 9.30. The van der Waals surface area contributed by atoms with E-state index in [2.05, 4.69) is 40.4 Å². The molecule has 3 fully saturated rings. The van der Waals surface area contributed by atoms with Gasteiger partial charge < -0.3 is 14.7 Å². The number of nitriles is 2. The van der Waals surface area contributed by atoms with Crippen molar-refractivity contribution in [3.05, 3.63) is 36.2 Å². The molecule has 5 rings (SSSR count). The van der Waals surface area contributed by atoms with Gasteiger partial charge in [-0.2, -0.15) is 10.5 Å². The molecule has 1 aromatic heterocycles. The molecule has 1 amide bonds. The number of amides is 1. The Morgan fingerprint density at radius 1 is 1.27 bits per heavy atom. The van der Waals surface area contributed by atoms with Gasteiger partial charge in [0.15, 0.2) is 0 Å². The van der Waals surface area contributed by atoms with E-state index in [0.717, 1.165) is 55.8 Å². The van der Waals surface area contributed by atoms with Gasteiger partial charge in [0.1, 0.15) is 29.2 Å². The third-order valence-electron chi connectivity index (χ3n) is 9.07. The van der Waals surface area contributed by atoms with Crippen molar-refractivity contribution in [2.24, 2.45) is 10.4 Å². The molecule has 3 heterocycles. The Morgan fingerprint density at radius 3 is 2.49 bits per heavy atom. The highest BCUT2D eigenvalue weighted by Crippen LogP contribution is 2.55. The van der Waals surface area contributed by atoms with E-state index in [9.17, 15) is 15.3 Å². The fourth-order valence-electron chi connectivity index (χ4n) is 6.50. The minimum atomic E-state index is -0.836. The number of hydrogen-bond acceptors (Lipinski definition) is 7. The van der Waals surface area contributed by atoms with Crippen molar-refractivity contribution >= 4 is 23.4 Å². The summed E-state index contributed by atoms with van der Waals surface area (Å²) in [7, 11) is 3.58. The Hall–Kier alpha value is -3.72. The first-order valence-corrected chi connectivity index (χ1v) is 13.2. The van der Waals surface area contributed by atoms with Crippen molar-refractivity contribution < 1.29 is 4.79 Å². The summed E-state index contributed by atoms with van der Waals surface area (Å²) in [5.74, 6) is 2.44. The summed E-state index contributed by atoms with van der Waals surface area (Å²) >= 11 is 0. The van der Waals surface area contributed by atoms with Crippen LogP contribution in [0.2, 0.25) is 0 Å². The van der Waals surface area contributed by atoms with Gasteiger partial charge in [-0.05, 0) is 44.6 Å². The minimum Gasteiger partial charge on any atom is -0.349 e. The highest BCUT2D eigenvalue weighted by molar-refractivity contribution is 6.08. The summed E-state index contributed by atoms with van der Waals surface area (Å²) in [5.41, 5.74) is 0.735. The molecule has 2 aliphatic heterocycles. The SMILES string of the molecule is C=C/C(C#N)=C\C(=NC)N1CC2(CCC2)c2c1ncnc2N1C[C@@H](N(C)C(=O)C2(C#N)CCC2)[C@H]1CC. The van der Waals surface area contributed by atoms with Gasteiger partial charge in [0.2, 0.25) is 5.91 Å². The summed E-state index contributed by atoms with van der Waals surface area (Å²) in [4.78, 5) is 33.5. The van der Waals surface area contributed by atoms with Crippen molar-refractivity contribution in [2.45, 2.75) is 69.4 Å². The average molecular weight is 499 g/mol. The number of aromatic nitrogens is 2. The van der Waals surface area contributed by atoms with E-state index in [1.54, 1.807) is 19.5 Å². The van der Waals surface area contributed by atoms with Crippen LogP contribution in [0.4, 0.5) is 11.6 Å². The van der Waals surface area contributed by atoms with Crippen LogP contribution in [0.5, 0.6) is 0 Å². The Kier molecular flexibility index (Phi) is 6.27. The topological polar surface area (TPSA) is 113 Å². The molecule has 2 saturated carbocycles. The zero-order valence-electron chi connectivity index (χ0n) is 21.9. The van der Waals surface area contributed by atoms with Gasteiger partial charge in [0.25, 0.3) is 0 Å². The lowest BCUT2D eigenvalue weighted by Gasteiger charge is -2.54. The molecular formula is C28H34N8O. The average Bonchev–Trinajstić information content (AvgIpc) is 3.21. The molecule has 37 heavy (non-hydrogen) atoms. The Labute approximate surface area is 218 Å². The van der Waals surface area contributed by atoms with Gasteiger partial charge in [-0.25, -0.2) is 9.97 Å². The zero-order chi connectivity index (χ0) is 26.4. The molecule has 9 nitrogen and oxygen atoms in total. The maximum atomic E-state index is 13.3. The van der Waals surface area contributed by atoms with Gasteiger partial charge >= 0.3 is 0 Å². The maximum Gasteiger partial charge on any atom is 0.243 e. The molecule has 192 valence electrons. The number of aliphatic imine (C=N–C) groups is 1. The van der Waals surface area contributed by atoms with Crippen molar-refractivity contribution in [2.75, 3.05) is 37.0 Å². The van der Waals surface area contributed by atoms with Crippen LogP contribution in [0.3, 0.4) is 0 Å². The fourth-order valence-corrected chi connectivity index (χ4v) is 6.50. The summed E-state index contributed by atoms with van der Waals surface area (Å²) < 4.78 is 0. The first-order chi connectivity index (χ1) is 17.9. The van der Waals surface area contributed by atoms with Gasteiger partial charge in [-0.1, -0.05) is 26.0 Å². The van der Waals surface area contributed by atoms with Crippen LogP contribution in [0.25, 0.3) is 0 Å². The Balaban J connectivity index is 1.47. The van der Waals surface area contributed by atoms with Crippen molar-refractivity contribution in [1.82, 2.24) is 14.9 Å². The molecule has 0 unspecified atom stereocenters. The van der Waals surface area contributed by atoms with Crippen LogP contribution in [-0.4, -0.2) is 65.9 Å². The molecule has 0 N–H and O–H groups in total. The molecule has 1 spiro atoms. The smallest absolute Gasteiger partial charge is 0.243 e. The van der Waals surface area contributed by atoms with E-state index in [0.29, 0.717) is 30.8 Å². The van der Waals surface area contributed by atoms with Gasteiger partial charge in [-0.3, -0.25) is 9.79 Å². The standard InChI is InChI=1S/C28H34N8O/c1-5-19(14-29)13-22(31-3)36-17-28(11-8-12-28)23-24(32-18-33-25(23)36)35-15-21(20(35)6-2)34(4)26(37)27(16-30)9-7-10-27/h5,13,18,20-21H,1,6-12,15,17H2,2-4H3/b19-13+,31-22?/t20-,21-/m1/s1. The van der Waals surface area contributed by atoms with Crippen molar-refractivity contribution in [1.29, 1.82) is 10.5 Å². The molecule has 1 aromatic rings. The number of carbonyl (C=O) groups is 1. The summed E-state index contributed by atoms with van der Waals surface area (Å²) in [6, 6.07) is 4.64. The summed E-state index contributed by atoms with van der Waals surface area (Å²) in [6.07, 6.45) is 11.3. The molecule has 0 aromatic carbocycles. The highest BCUT2D eigenvalue weighted by atomic mass is 16.2. The minimum absolute atomic E-state index is 0.0370. The normalized spacial score (nSPS) is 25.2. The fraction of sp³-hybridized carbons (Fsp3) is 0.571. The van der Waals surface area contributed by atoms with Crippen LogP contribution in [-0.2, 0) is 10.2 Å². The Morgan fingerprint density at radius 2 is 1.97 bits per heavy atom. The molecule has 4 aliphatic rings. The van der Waals surface area contributed by atoms with E-state index in [-0.39, 0.29) is 23.4 Å². The Bertz CT molecular complexity index is 1260. The summed E-state index contributed by atoms with van der Waals surface area (Å²) in [6.45, 7) is 7.32. The van der Waals surface area contributed by atoms with E-state index >= 15 is 0 Å². The molecule has 1 saturated heterocycles. The molecular weight excluding hydrogens is 464 g/mol. The van der Waals surface area contributed by atoms with E-state index in [4.69, 9.17) is 9.97 Å². The maximum absolute atomic E-state index is 13.3. The number of rotatable bonds is 6. The lowest BCUT2D eigenvalue weighted by molar-refractivity contribution is -0.145. The number of carbonyl (C=O) groups excluding carboxylic acids is 1. The second-order valence-electron chi connectivity index (χ2n) is 10.8. The van der Waals surface area contributed by atoms with Gasteiger partial charge in [-0.15, -0.1) is 0 Å². The number of likely N-dealkylation sites (N-methyl/N-ethyl adjacent to an activating group) is 1. The van der Waals surface area contributed by atoms with E-state index < -0.39 is 5.41 Å². The van der Waals surface area contributed by atoms with E-state index in [1.165, 1.54) is 6.08 Å². The molecule has 9 heteroatoms. The van der Waals surface area contributed by atoms with Crippen LogP contribution < -0.4 is 9.80 Å². The third-order valence-corrected chi connectivity index (χ3v) is 9.07. The third kappa shape index (κ3) is 3.63. The largest absolute Gasteiger partial charge is 0.349 e. The summed E-state index contributed by atoms with van der Waals surface area (Å²) in [5, 5.41) is 19.1. The molecule has 2 atom stereocenters.